The zero-order valence-electron chi connectivity index (χ0n) is 13.9. The van der Waals surface area contributed by atoms with Gasteiger partial charge in [-0.25, -0.2) is 0 Å². The second-order valence-corrected chi connectivity index (χ2v) is 7.62. The number of thioether (sulfide) groups is 1. The molecule has 0 saturated carbocycles. The fourth-order valence-corrected chi connectivity index (χ4v) is 4.04. The van der Waals surface area contributed by atoms with Gasteiger partial charge in [-0.15, -0.1) is 0 Å². The number of aromatic hydroxyl groups is 1. The van der Waals surface area contributed by atoms with Crippen LogP contribution in [0.5, 0.6) is 11.5 Å². The molecule has 2 heterocycles. The molecular formula is C19H19ClN2O2S. The SMILES string of the molecule is CSCC[C@@H]1Oc2ccc(Cl)cc2[C@@H]2CC(c3ccccc3O)=NN12. The van der Waals surface area contributed by atoms with Crippen molar-refractivity contribution in [3.63, 3.8) is 0 Å². The van der Waals surface area contributed by atoms with Crippen LogP contribution < -0.4 is 4.74 Å². The molecule has 2 aromatic carbocycles. The lowest BCUT2D eigenvalue weighted by Crippen LogP contribution is -2.40. The second-order valence-electron chi connectivity index (χ2n) is 6.20. The van der Waals surface area contributed by atoms with Crippen LogP contribution in [0.1, 0.15) is 30.0 Å². The fraction of sp³-hybridized carbons (Fsp3) is 0.316. The quantitative estimate of drug-likeness (QED) is 0.844. The van der Waals surface area contributed by atoms with Crippen molar-refractivity contribution < 1.29 is 9.84 Å². The van der Waals surface area contributed by atoms with Gasteiger partial charge in [0.2, 0.25) is 0 Å². The highest BCUT2D eigenvalue weighted by Gasteiger charge is 2.40. The third-order valence-electron chi connectivity index (χ3n) is 4.61. The molecule has 0 unspecified atom stereocenters. The number of ether oxygens (including phenoxy) is 1. The van der Waals surface area contributed by atoms with E-state index in [1.54, 1.807) is 17.8 Å². The van der Waals surface area contributed by atoms with E-state index in [1.807, 2.05) is 41.4 Å². The Morgan fingerprint density at radius 2 is 2.16 bits per heavy atom. The molecule has 4 nitrogen and oxygen atoms in total. The van der Waals surface area contributed by atoms with Crippen LogP contribution >= 0.6 is 23.4 Å². The van der Waals surface area contributed by atoms with E-state index in [4.69, 9.17) is 21.4 Å². The van der Waals surface area contributed by atoms with E-state index in [9.17, 15) is 5.11 Å². The predicted octanol–water partition coefficient (Wildman–Crippen LogP) is 4.67. The third kappa shape index (κ3) is 3.07. The van der Waals surface area contributed by atoms with Gasteiger partial charge in [-0.05, 0) is 42.3 Å². The minimum Gasteiger partial charge on any atom is -0.507 e. The Balaban J connectivity index is 1.73. The third-order valence-corrected chi connectivity index (χ3v) is 5.49. The standard InChI is InChI=1S/C19H19ClN2O2S/c1-25-9-8-19-22-16(14-10-12(20)6-7-18(14)24-19)11-15(21-22)13-4-2-3-5-17(13)23/h2-7,10,16,19,23H,8-9,11H2,1H3/t16-,19-/m0/s1. The summed E-state index contributed by atoms with van der Waals surface area (Å²) in [5.41, 5.74) is 2.72. The van der Waals surface area contributed by atoms with Crippen LogP contribution in [0.15, 0.2) is 47.6 Å². The first-order valence-corrected chi connectivity index (χ1v) is 10.0. The number of halogens is 1. The summed E-state index contributed by atoms with van der Waals surface area (Å²) in [4.78, 5) is 0. The molecule has 4 rings (SSSR count). The molecule has 0 aliphatic carbocycles. The number of hydrogen-bond acceptors (Lipinski definition) is 5. The summed E-state index contributed by atoms with van der Waals surface area (Å²) in [5, 5.41) is 17.7. The highest BCUT2D eigenvalue weighted by atomic mass is 35.5. The molecule has 2 aromatic rings. The van der Waals surface area contributed by atoms with Crippen molar-refractivity contribution in [2.24, 2.45) is 5.10 Å². The lowest BCUT2D eigenvalue weighted by atomic mass is 9.96. The number of benzene rings is 2. The average molecular weight is 375 g/mol. The summed E-state index contributed by atoms with van der Waals surface area (Å²) in [5.74, 6) is 2.14. The number of fused-ring (bicyclic) bond motifs is 3. The van der Waals surface area contributed by atoms with Crippen LogP contribution in [-0.2, 0) is 0 Å². The maximum Gasteiger partial charge on any atom is 0.188 e. The summed E-state index contributed by atoms with van der Waals surface area (Å²) in [6.07, 6.45) is 3.60. The molecule has 0 saturated heterocycles. The van der Waals surface area contributed by atoms with Gasteiger partial charge in [0, 0.05) is 29.0 Å². The molecule has 2 aliphatic rings. The van der Waals surface area contributed by atoms with Crippen LogP contribution in [-0.4, -0.2) is 34.1 Å². The summed E-state index contributed by atoms with van der Waals surface area (Å²) >= 11 is 8.01. The highest BCUT2D eigenvalue weighted by molar-refractivity contribution is 7.98. The number of hydrogen-bond donors (Lipinski definition) is 1. The van der Waals surface area contributed by atoms with Crippen molar-refractivity contribution in [3.05, 3.63) is 58.6 Å². The van der Waals surface area contributed by atoms with E-state index in [2.05, 4.69) is 6.26 Å². The monoisotopic (exact) mass is 374 g/mol. The van der Waals surface area contributed by atoms with Crippen LogP contribution in [0, 0.1) is 0 Å². The molecule has 130 valence electrons. The van der Waals surface area contributed by atoms with E-state index in [1.165, 1.54) is 0 Å². The van der Waals surface area contributed by atoms with Crippen molar-refractivity contribution in [1.29, 1.82) is 0 Å². The maximum absolute atomic E-state index is 10.2. The molecule has 0 aromatic heterocycles. The molecule has 2 atom stereocenters. The van der Waals surface area contributed by atoms with Gasteiger partial charge in [0.05, 0.1) is 11.8 Å². The van der Waals surface area contributed by atoms with Crippen molar-refractivity contribution >= 4 is 29.1 Å². The van der Waals surface area contributed by atoms with Gasteiger partial charge in [0.1, 0.15) is 11.5 Å². The minimum atomic E-state index is -0.102. The van der Waals surface area contributed by atoms with Gasteiger partial charge in [0.15, 0.2) is 6.23 Å². The topological polar surface area (TPSA) is 45.1 Å². The Kier molecular flexibility index (Phi) is 4.52. The van der Waals surface area contributed by atoms with Crippen molar-refractivity contribution in [3.8, 4) is 11.5 Å². The predicted molar refractivity (Wildman–Crippen MR) is 103 cm³/mol. The molecule has 1 N–H and O–H groups in total. The van der Waals surface area contributed by atoms with Gasteiger partial charge >= 0.3 is 0 Å². The van der Waals surface area contributed by atoms with Crippen molar-refractivity contribution in [2.75, 3.05) is 12.0 Å². The number of phenolic OH excluding ortho intramolecular Hbond substituents is 1. The normalized spacial score (nSPS) is 21.4. The van der Waals surface area contributed by atoms with E-state index in [-0.39, 0.29) is 18.0 Å². The molecule has 0 amide bonds. The molecule has 0 bridgehead atoms. The molecule has 0 spiro atoms. The molecule has 0 fully saturated rings. The van der Waals surface area contributed by atoms with Gasteiger partial charge < -0.3 is 9.84 Å². The summed E-state index contributed by atoms with van der Waals surface area (Å²) in [6.45, 7) is 0. The van der Waals surface area contributed by atoms with E-state index in [0.29, 0.717) is 5.02 Å². The molecule has 6 heteroatoms. The lowest BCUT2D eigenvalue weighted by Gasteiger charge is -2.38. The van der Waals surface area contributed by atoms with Gasteiger partial charge in [-0.2, -0.15) is 16.9 Å². The molecular weight excluding hydrogens is 356 g/mol. The molecule has 2 aliphatic heterocycles. The lowest BCUT2D eigenvalue weighted by molar-refractivity contribution is -0.0180. The van der Waals surface area contributed by atoms with Crippen LogP contribution in [0.3, 0.4) is 0 Å². The fourth-order valence-electron chi connectivity index (χ4n) is 3.42. The first-order chi connectivity index (χ1) is 12.2. The Morgan fingerprint density at radius 3 is 2.96 bits per heavy atom. The Labute approximate surface area is 156 Å². The minimum absolute atomic E-state index is 0.0870. The largest absolute Gasteiger partial charge is 0.507 e. The first kappa shape index (κ1) is 16.6. The summed E-state index contributed by atoms with van der Waals surface area (Å²) < 4.78 is 6.20. The zero-order chi connectivity index (χ0) is 17.4. The van der Waals surface area contributed by atoms with Crippen LogP contribution in [0.2, 0.25) is 5.02 Å². The molecule has 0 radical (unpaired) electrons. The highest BCUT2D eigenvalue weighted by Crippen LogP contribution is 2.45. The smallest absolute Gasteiger partial charge is 0.188 e. The van der Waals surface area contributed by atoms with Crippen LogP contribution in [0.25, 0.3) is 0 Å². The summed E-state index contributed by atoms with van der Waals surface area (Å²) in [6, 6.07) is 13.2. The number of phenols is 1. The van der Waals surface area contributed by atoms with Crippen molar-refractivity contribution in [2.45, 2.75) is 25.1 Å². The Morgan fingerprint density at radius 1 is 1.32 bits per heavy atom. The second kappa shape index (κ2) is 6.81. The maximum atomic E-state index is 10.2. The van der Waals surface area contributed by atoms with E-state index >= 15 is 0 Å². The van der Waals surface area contributed by atoms with Gasteiger partial charge in [0.25, 0.3) is 0 Å². The van der Waals surface area contributed by atoms with Gasteiger partial charge in [-0.3, -0.25) is 5.01 Å². The Bertz CT molecular complexity index is 827. The first-order valence-electron chi connectivity index (χ1n) is 8.26. The number of para-hydroxylation sites is 1. The number of rotatable bonds is 4. The zero-order valence-corrected chi connectivity index (χ0v) is 15.4. The number of nitrogens with zero attached hydrogens (tertiary/aromatic N) is 2. The Hall–Kier alpha value is -1.85. The average Bonchev–Trinajstić information content (AvgIpc) is 3.06. The summed E-state index contributed by atoms with van der Waals surface area (Å²) in [7, 11) is 0. The van der Waals surface area contributed by atoms with Gasteiger partial charge in [-0.1, -0.05) is 23.7 Å². The number of hydrazone groups is 1. The van der Waals surface area contributed by atoms with E-state index < -0.39 is 0 Å². The van der Waals surface area contributed by atoms with E-state index in [0.717, 1.165) is 41.2 Å². The van der Waals surface area contributed by atoms with Crippen LogP contribution in [0.4, 0.5) is 0 Å². The van der Waals surface area contributed by atoms with Crippen molar-refractivity contribution in [1.82, 2.24) is 5.01 Å². The molecule has 25 heavy (non-hydrogen) atoms.